The van der Waals surface area contributed by atoms with E-state index in [2.05, 4.69) is 10.4 Å². The van der Waals surface area contributed by atoms with Crippen LogP contribution in [-0.2, 0) is 11.0 Å². The van der Waals surface area contributed by atoms with E-state index in [0.29, 0.717) is 5.69 Å². The number of nitrogens with zero attached hydrogens (tertiary/aromatic N) is 3. The van der Waals surface area contributed by atoms with Gasteiger partial charge in [-0.05, 0) is 45.9 Å². The largest absolute Gasteiger partial charge is 0.416 e. The Kier molecular flexibility index (Phi) is 5.86. The van der Waals surface area contributed by atoms with Crippen LogP contribution in [0.2, 0.25) is 0 Å². The molecule has 0 saturated carbocycles. The molecule has 6 nitrogen and oxygen atoms in total. The third-order valence-electron chi connectivity index (χ3n) is 3.90. The van der Waals surface area contributed by atoms with E-state index in [4.69, 9.17) is 0 Å². The number of nitrogens with one attached hydrogen (secondary N) is 1. The van der Waals surface area contributed by atoms with Crippen molar-refractivity contribution in [2.24, 2.45) is 0 Å². The predicted octanol–water partition coefficient (Wildman–Crippen LogP) is 3.19. The molecule has 1 aromatic carbocycles. The molecule has 152 valence electrons. The van der Waals surface area contributed by atoms with Crippen molar-refractivity contribution < 1.29 is 22.8 Å². The zero-order valence-corrected chi connectivity index (χ0v) is 16.4. The minimum absolute atomic E-state index is 0.149. The average Bonchev–Trinajstić information content (AvgIpc) is 2.93. The molecule has 1 heterocycles. The van der Waals surface area contributed by atoms with E-state index in [1.807, 2.05) is 20.8 Å². The third-order valence-corrected chi connectivity index (χ3v) is 3.90. The first-order chi connectivity index (χ1) is 12.8. The van der Waals surface area contributed by atoms with Crippen LogP contribution in [0.5, 0.6) is 0 Å². The minimum atomic E-state index is -4.48. The van der Waals surface area contributed by atoms with Crippen LogP contribution in [0.4, 0.5) is 13.2 Å². The minimum Gasteiger partial charge on any atom is -0.350 e. The SMILES string of the molecule is Cc1c(C(=O)N(C)CC(=O)NC(C)(C)C)cnn1-c1cccc(C(F)(F)F)c1. The molecule has 0 fully saturated rings. The number of carbonyl (C=O) groups excluding carboxylic acids is 2. The number of aromatic nitrogens is 2. The lowest BCUT2D eigenvalue weighted by Gasteiger charge is -2.23. The number of rotatable bonds is 4. The van der Waals surface area contributed by atoms with E-state index in [9.17, 15) is 22.8 Å². The number of hydrogen-bond acceptors (Lipinski definition) is 3. The normalized spacial score (nSPS) is 12.0. The fourth-order valence-corrected chi connectivity index (χ4v) is 2.64. The van der Waals surface area contributed by atoms with Gasteiger partial charge in [-0.3, -0.25) is 9.59 Å². The summed E-state index contributed by atoms with van der Waals surface area (Å²) < 4.78 is 40.1. The Morgan fingerprint density at radius 3 is 2.43 bits per heavy atom. The monoisotopic (exact) mass is 396 g/mol. The lowest BCUT2D eigenvalue weighted by atomic mass is 10.1. The van der Waals surface area contributed by atoms with Gasteiger partial charge in [0.15, 0.2) is 0 Å². The maximum absolute atomic E-state index is 12.9. The molecule has 0 saturated heterocycles. The second-order valence-corrected chi connectivity index (χ2v) is 7.56. The highest BCUT2D eigenvalue weighted by molar-refractivity contribution is 5.97. The average molecular weight is 396 g/mol. The first-order valence-corrected chi connectivity index (χ1v) is 8.58. The van der Waals surface area contributed by atoms with Crippen molar-refractivity contribution in [1.29, 1.82) is 0 Å². The summed E-state index contributed by atoms with van der Waals surface area (Å²) in [5.41, 5.74) is -0.440. The zero-order valence-electron chi connectivity index (χ0n) is 16.4. The van der Waals surface area contributed by atoms with Gasteiger partial charge >= 0.3 is 6.18 Å². The first-order valence-electron chi connectivity index (χ1n) is 8.58. The van der Waals surface area contributed by atoms with Crippen LogP contribution >= 0.6 is 0 Å². The maximum atomic E-state index is 12.9. The summed E-state index contributed by atoms with van der Waals surface area (Å²) in [6, 6.07) is 4.69. The van der Waals surface area contributed by atoms with Gasteiger partial charge in [0.25, 0.3) is 5.91 Å². The standard InChI is InChI=1S/C19H23F3N4O2/c1-12-15(17(28)25(5)11-16(27)24-18(2,3)4)10-23-26(12)14-8-6-7-13(9-14)19(20,21)22/h6-10H,11H2,1-5H3,(H,24,27). The number of alkyl halides is 3. The van der Waals surface area contributed by atoms with Crippen molar-refractivity contribution in [2.45, 2.75) is 39.4 Å². The van der Waals surface area contributed by atoms with Gasteiger partial charge in [-0.2, -0.15) is 18.3 Å². The van der Waals surface area contributed by atoms with Crippen LogP contribution in [0.3, 0.4) is 0 Å². The highest BCUT2D eigenvalue weighted by Crippen LogP contribution is 2.30. The van der Waals surface area contributed by atoms with E-state index in [-0.39, 0.29) is 23.7 Å². The van der Waals surface area contributed by atoms with E-state index >= 15 is 0 Å². The van der Waals surface area contributed by atoms with Crippen LogP contribution in [0.25, 0.3) is 5.69 Å². The van der Waals surface area contributed by atoms with Crippen LogP contribution in [0, 0.1) is 6.92 Å². The number of hydrogen-bond donors (Lipinski definition) is 1. The Morgan fingerprint density at radius 2 is 1.86 bits per heavy atom. The molecule has 2 aromatic rings. The third kappa shape index (κ3) is 5.11. The van der Waals surface area contributed by atoms with Gasteiger partial charge in [-0.15, -0.1) is 0 Å². The molecule has 0 bridgehead atoms. The second-order valence-electron chi connectivity index (χ2n) is 7.56. The molecule has 2 amide bonds. The van der Waals surface area contributed by atoms with Crippen LogP contribution in [-0.4, -0.2) is 45.6 Å². The molecule has 9 heteroatoms. The van der Waals surface area contributed by atoms with Crippen LogP contribution < -0.4 is 5.32 Å². The summed E-state index contributed by atoms with van der Waals surface area (Å²) in [5.74, 6) is -0.758. The molecule has 0 aliphatic carbocycles. The summed E-state index contributed by atoms with van der Waals surface area (Å²) >= 11 is 0. The quantitative estimate of drug-likeness (QED) is 0.863. The van der Waals surface area contributed by atoms with E-state index in [1.165, 1.54) is 35.0 Å². The lowest BCUT2D eigenvalue weighted by Crippen LogP contribution is -2.46. The van der Waals surface area contributed by atoms with Gasteiger partial charge in [0, 0.05) is 12.6 Å². The van der Waals surface area contributed by atoms with Crippen molar-refractivity contribution in [3.8, 4) is 5.69 Å². The summed E-state index contributed by atoms with van der Waals surface area (Å²) in [6.07, 6.45) is -3.19. The fraction of sp³-hybridized carbons (Fsp3) is 0.421. The zero-order chi connectivity index (χ0) is 21.3. The van der Waals surface area contributed by atoms with Crippen molar-refractivity contribution >= 4 is 11.8 Å². The van der Waals surface area contributed by atoms with Crippen molar-refractivity contribution in [2.75, 3.05) is 13.6 Å². The van der Waals surface area contributed by atoms with Gasteiger partial charge < -0.3 is 10.2 Å². The Bertz CT molecular complexity index is 882. The van der Waals surface area contributed by atoms with E-state index in [0.717, 1.165) is 12.1 Å². The Balaban J connectivity index is 2.23. The molecule has 0 spiro atoms. The highest BCUT2D eigenvalue weighted by atomic mass is 19.4. The Hall–Kier alpha value is -2.84. The molecule has 0 radical (unpaired) electrons. The smallest absolute Gasteiger partial charge is 0.350 e. The summed E-state index contributed by atoms with van der Waals surface area (Å²) in [7, 11) is 1.48. The van der Waals surface area contributed by atoms with Gasteiger partial charge in [0.1, 0.15) is 0 Å². The number of amides is 2. The van der Waals surface area contributed by atoms with Gasteiger partial charge in [0.05, 0.1) is 35.2 Å². The van der Waals surface area contributed by atoms with Crippen molar-refractivity contribution in [1.82, 2.24) is 20.0 Å². The molecule has 2 rings (SSSR count). The second kappa shape index (κ2) is 7.65. The van der Waals surface area contributed by atoms with E-state index < -0.39 is 23.2 Å². The molecular formula is C19H23F3N4O2. The molecule has 0 aliphatic heterocycles. The number of carbonyl (C=O) groups is 2. The molecule has 1 aromatic heterocycles. The first kappa shape index (κ1) is 21.5. The topological polar surface area (TPSA) is 67.2 Å². The molecular weight excluding hydrogens is 373 g/mol. The maximum Gasteiger partial charge on any atom is 0.416 e. The molecule has 0 aliphatic rings. The van der Waals surface area contributed by atoms with E-state index in [1.54, 1.807) is 6.92 Å². The summed E-state index contributed by atoms with van der Waals surface area (Å²) in [6.45, 7) is 6.93. The Labute approximate surface area is 161 Å². The Morgan fingerprint density at radius 1 is 1.21 bits per heavy atom. The molecule has 28 heavy (non-hydrogen) atoms. The molecule has 0 atom stereocenters. The lowest BCUT2D eigenvalue weighted by molar-refractivity contribution is -0.137. The highest BCUT2D eigenvalue weighted by Gasteiger charge is 2.31. The van der Waals surface area contributed by atoms with Gasteiger partial charge in [-0.1, -0.05) is 6.07 Å². The summed E-state index contributed by atoms with van der Waals surface area (Å²) in [5, 5.41) is 6.81. The number of likely N-dealkylation sites (N-methyl/N-ethyl adjacent to an activating group) is 1. The summed E-state index contributed by atoms with van der Waals surface area (Å²) in [4.78, 5) is 25.9. The molecule has 0 unspecified atom stereocenters. The fourth-order valence-electron chi connectivity index (χ4n) is 2.64. The van der Waals surface area contributed by atoms with Gasteiger partial charge in [0.2, 0.25) is 5.91 Å². The van der Waals surface area contributed by atoms with Crippen molar-refractivity contribution in [3.63, 3.8) is 0 Å². The van der Waals surface area contributed by atoms with Crippen LogP contribution in [0.15, 0.2) is 30.5 Å². The van der Waals surface area contributed by atoms with Gasteiger partial charge in [-0.25, -0.2) is 4.68 Å². The molecule has 1 N–H and O–H groups in total. The van der Waals surface area contributed by atoms with Crippen molar-refractivity contribution in [3.05, 3.63) is 47.3 Å². The number of halogens is 3. The number of benzene rings is 1. The predicted molar refractivity (Wildman–Crippen MR) is 98.2 cm³/mol. The van der Waals surface area contributed by atoms with Crippen LogP contribution in [0.1, 0.15) is 42.4 Å².